The highest BCUT2D eigenvalue weighted by atomic mass is 14.8. The zero-order valence-corrected chi connectivity index (χ0v) is 22.1. The molecule has 1 aromatic heterocycles. The van der Waals surface area contributed by atoms with Crippen LogP contribution in [0, 0.1) is 5.92 Å². The average Bonchev–Trinajstić information content (AvgIpc) is 2.77. The van der Waals surface area contributed by atoms with E-state index in [1.165, 1.54) is 11.1 Å². The van der Waals surface area contributed by atoms with Crippen LogP contribution in [0.3, 0.4) is 0 Å². The van der Waals surface area contributed by atoms with Gasteiger partial charge in [0.15, 0.2) is 0 Å². The fourth-order valence-corrected chi connectivity index (χ4v) is 4.27. The van der Waals surface area contributed by atoms with Gasteiger partial charge in [0.25, 0.3) is 0 Å². The zero-order chi connectivity index (χ0) is 24.9. The maximum atomic E-state index is 5.16. The number of para-hydroxylation sites is 2. The minimum Gasteiger partial charge on any atom is -0.261 e. The van der Waals surface area contributed by atoms with E-state index in [1.807, 2.05) is 18.3 Å². The molecule has 34 heavy (non-hydrogen) atoms. The van der Waals surface area contributed by atoms with Gasteiger partial charge in [-0.15, -0.1) is 0 Å². The second-order valence-corrected chi connectivity index (χ2v) is 11.1. The third-order valence-corrected chi connectivity index (χ3v) is 6.17. The predicted octanol–water partition coefficient (Wildman–Crippen LogP) is 8.42. The monoisotopic (exact) mass is 453 g/mol. The van der Waals surface area contributed by atoms with Gasteiger partial charge in [-0.05, 0) is 60.1 Å². The lowest BCUT2D eigenvalue weighted by atomic mass is 9.85. The van der Waals surface area contributed by atoms with Crippen LogP contribution in [0.15, 0.2) is 82.9 Å². The molecule has 0 spiro atoms. The summed E-state index contributed by atoms with van der Waals surface area (Å²) in [4.78, 5) is 14.9. The Hall–Kier alpha value is -3.07. The molecule has 0 bridgehead atoms. The Morgan fingerprint density at radius 3 is 1.53 bits per heavy atom. The summed E-state index contributed by atoms with van der Waals surface area (Å²) in [5.74, 6) is 0.0518. The summed E-state index contributed by atoms with van der Waals surface area (Å²) in [6.07, 6.45) is 2.62. The number of hydrogen-bond donors (Lipinski definition) is 0. The summed E-state index contributed by atoms with van der Waals surface area (Å²) in [5, 5.41) is 0. The van der Waals surface area contributed by atoms with Crippen molar-refractivity contribution in [2.75, 3.05) is 0 Å². The first-order valence-corrected chi connectivity index (χ1v) is 12.2. The van der Waals surface area contributed by atoms with E-state index in [9.17, 15) is 0 Å². The molecule has 0 atom stereocenters. The Morgan fingerprint density at radius 1 is 0.676 bits per heavy atom. The highest BCUT2D eigenvalue weighted by Crippen LogP contribution is 2.34. The summed E-state index contributed by atoms with van der Waals surface area (Å²) in [7, 11) is 0. The molecule has 3 nitrogen and oxygen atoms in total. The third-order valence-electron chi connectivity index (χ3n) is 6.17. The Labute approximate surface area is 206 Å². The summed E-state index contributed by atoms with van der Waals surface area (Å²) in [5.41, 5.74) is 7.75. The molecule has 3 aromatic rings. The van der Waals surface area contributed by atoms with E-state index in [0.29, 0.717) is 0 Å². The third kappa shape index (κ3) is 6.50. The van der Waals surface area contributed by atoms with Crippen LogP contribution in [0.2, 0.25) is 0 Å². The molecule has 0 unspecified atom stereocenters. The Bertz CT molecular complexity index is 1090. The molecule has 0 saturated heterocycles. The fraction of sp³-hybridized carbons (Fsp3) is 0.387. The normalized spacial score (nSPS) is 14.2. The first-order valence-electron chi connectivity index (χ1n) is 12.2. The highest BCUT2D eigenvalue weighted by Gasteiger charge is 2.22. The second-order valence-electron chi connectivity index (χ2n) is 11.1. The standard InChI is InChI=1S/C31H39N3/c1-22(33-28-18-11-9-16-26(28)30(3,4)5)25(21-24-15-13-14-20-32-24)23(2)34-29-19-12-10-17-27(29)31(6,7)8/h9-20,25H,21H2,1-8H3/b33-22+,34-23+. The number of pyridine rings is 1. The van der Waals surface area contributed by atoms with Crippen molar-refractivity contribution in [3.05, 3.63) is 89.7 Å². The fourth-order valence-electron chi connectivity index (χ4n) is 4.27. The van der Waals surface area contributed by atoms with E-state index in [2.05, 4.69) is 115 Å². The van der Waals surface area contributed by atoms with Gasteiger partial charge in [0.1, 0.15) is 0 Å². The molecular weight excluding hydrogens is 414 g/mol. The number of hydrogen-bond acceptors (Lipinski definition) is 3. The average molecular weight is 454 g/mol. The van der Waals surface area contributed by atoms with Crippen LogP contribution in [-0.2, 0) is 17.3 Å². The molecule has 3 heteroatoms. The van der Waals surface area contributed by atoms with Gasteiger partial charge < -0.3 is 0 Å². The molecular formula is C31H39N3. The molecule has 3 rings (SSSR count). The number of aliphatic imine (C=N–C) groups is 2. The molecule has 1 heterocycles. The van der Waals surface area contributed by atoms with Crippen LogP contribution < -0.4 is 0 Å². The number of benzene rings is 2. The minimum atomic E-state index is 0.0195. The number of aromatic nitrogens is 1. The molecule has 0 N–H and O–H groups in total. The Morgan fingerprint density at radius 2 is 1.12 bits per heavy atom. The van der Waals surface area contributed by atoms with E-state index in [1.54, 1.807) is 0 Å². The van der Waals surface area contributed by atoms with Crippen molar-refractivity contribution < 1.29 is 0 Å². The summed E-state index contributed by atoms with van der Waals surface area (Å²) in [6.45, 7) is 17.7. The zero-order valence-electron chi connectivity index (χ0n) is 22.1. The molecule has 0 fully saturated rings. The van der Waals surface area contributed by atoms with Gasteiger partial charge in [-0.2, -0.15) is 0 Å². The first-order chi connectivity index (χ1) is 16.0. The van der Waals surface area contributed by atoms with Gasteiger partial charge in [0.2, 0.25) is 0 Å². The molecule has 0 radical (unpaired) electrons. The van der Waals surface area contributed by atoms with Gasteiger partial charge >= 0.3 is 0 Å². The molecule has 0 aliphatic rings. The quantitative estimate of drug-likeness (QED) is 0.345. The molecule has 0 amide bonds. The maximum Gasteiger partial charge on any atom is 0.0666 e. The van der Waals surface area contributed by atoms with E-state index in [0.717, 1.165) is 34.9 Å². The van der Waals surface area contributed by atoms with Gasteiger partial charge in [0, 0.05) is 35.7 Å². The molecule has 0 aliphatic heterocycles. The summed E-state index contributed by atoms with van der Waals surface area (Å²) < 4.78 is 0. The predicted molar refractivity (Wildman–Crippen MR) is 147 cm³/mol. The second kappa shape index (κ2) is 10.5. The number of nitrogens with zero attached hydrogens (tertiary/aromatic N) is 3. The van der Waals surface area contributed by atoms with Gasteiger partial charge in [-0.3, -0.25) is 15.0 Å². The van der Waals surface area contributed by atoms with E-state index >= 15 is 0 Å². The topological polar surface area (TPSA) is 37.6 Å². The number of rotatable bonds is 6. The van der Waals surface area contributed by atoms with Crippen molar-refractivity contribution in [3.63, 3.8) is 0 Å². The molecule has 0 aliphatic carbocycles. The summed E-state index contributed by atoms with van der Waals surface area (Å²) in [6, 6.07) is 23.0. The largest absolute Gasteiger partial charge is 0.261 e. The highest BCUT2D eigenvalue weighted by molar-refractivity contribution is 6.07. The Balaban J connectivity index is 2.09. The van der Waals surface area contributed by atoms with E-state index < -0.39 is 0 Å². The van der Waals surface area contributed by atoms with Gasteiger partial charge in [-0.25, -0.2) is 0 Å². The van der Waals surface area contributed by atoms with E-state index in [-0.39, 0.29) is 16.7 Å². The van der Waals surface area contributed by atoms with Crippen molar-refractivity contribution in [2.45, 2.75) is 72.6 Å². The van der Waals surface area contributed by atoms with Crippen molar-refractivity contribution in [1.29, 1.82) is 0 Å². The SMILES string of the molecule is C/C(=N\c1ccccc1C(C)(C)C)C(Cc1ccccn1)/C(C)=N/c1ccccc1C(C)(C)C. The minimum absolute atomic E-state index is 0.0195. The van der Waals surface area contributed by atoms with E-state index in [4.69, 9.17) is 9.98 Å². The van der Waals surface area contributed by atoms with Crippen LogP contribution in [0.4, 0.5) is 11.4 Å². The van der Waals surface area contributed by atoms with Crippen LogP contribution in [0.5, 0.6) is 0 Å². The van der Waals surface area contributed by atoms with Crippen LogP contribution >= 0.6 is 0 Å². The Kier molecular flexibility index (Phi) is 7.86. The van der Waals surface area contributed by atoms with Crippen LogP contribution in [-0.4, -0.2) is 16.4 Å². The smallest absolute Gasteiger partial charge is 0.0666 e. The molecule has 178 valence electrons. The van der Waals surface area contributed by atoms with Gasteiger partial charge in [0.05, 0.1) is 11.4 Å². The lowest BCUT2D eigenvalue weighted by molar-refractivity contribution is 0.591. The maximum absolute atomic E-state index is 5.16. The van der Waals surface area contributed by atoms with Crippen molar-refractivity contribution in [1.82, 2.24) is 4.98 Å². The molecule has 0 saturated carbocycles. The summed E-state index contributed by atoms with van der Waals surface area (Å²) >= 11 is 0. The van der Waals surface area contributed by atoms with Gasteiger partial charge in [-0.1, -0.05) is 84.0 Å². The lowest BCUT2D eigenvalue weighted by Gasteiger charge is -2.23. The van der Waals surface area contributed by atoms with Crippen LogP contribution in [0.1, 0.15) is 72.2 Å². The van der Waals surface area contributed by atoms with Crippen molar-refractivity contribution in [3.8, 4) is 0 Å². The van der Waals surface area contributed by atoms with Crippen LogP contribution in [0.25, 0.3) is 0 Å². The van der Waals surface area contributed by atoms with Crippen molar-refractivity contribution in [2.24, 2.45) is 15.9 Å². The van der Waals surface area contributed by atoms with Crippen molar-refractivity contribution >= 4 is 22.8 Å². The first kappa shape index (κ1) is 25.6. The molecule has 2 aromatic carbocycles. The lowest BCUT2D eigenvalue weighted by Crippen LogP contribution is -2.23.